The van der Waals surface area contributed by atoms with Crippen LogP contribution < -0.4 is 5.32 Å². The zero-order valence-electron chi connectivity index (χ0n) is 7.36. The lowest BCUT2D eigenvalue weighted by Gasteiger charge is -2.03. The second-order valence-electron chi connectivity index (χ2n) is 2.40. The molecule has 0 aliphatic carbocycles. The topological polar surface area (TPSA) is 12.0 Å². The molecule has 0 rings (SSSR count). The van der Waals surface area contributed by atoms with Crippen LogP contribution in [0.4, 0.5) is 0 Å². The second kappa shape index (κ2) is 5.10. The molecule has 0 bridgehead atoms. The summed E-state index contributed by atoms with van der Waals surface area (Å²) in [5.41, 5.74) is 2.68. The van der Waals surface area contributed by atoms with E-state index in [1.165, 1.54) is 11.3 Å². The lowest BCUT2D eigenvalue weighted by atomic mass is 10.2. The van der Waals surface area contributed by atoms with E-state index in [0.29, 0.717) is 0 Å². The van der Waals surface area contributed by atoms with E-state index in [9.17, 15) is 0 Å². The van der Waals surface area contributed by atoms with Crippen LogP contribution in [0.5, 0.6) is 0 Å². The van der Waals surface area contributed by atoms with Gasteiger partial charge in [0.15, 0.2) is 0 Å². The molecular formula is C9H17N. The van der Waals surface area contributed by atoms with E-state index in [1.807, 2.05) is 19.2 Å². The summed E-state index contributed by atoms with van der Waals surface area (Å²) in [5.74, 6) is 0. The SMILES string of the molecule is C/C=C\N/C(C)=C(/C)CC. The first-order chi connectivity index (χ1) is 4.72. The predicted molar refractivity (Wildman–Crippen MR) is 46.6 cm³/mol. The van der Waals surface area contributed by atoms with Gasteiger partial charge in [0.25, 0.3) is 0 Å². The van der Waals surface area contributed by atoms with Gasteiger partial charge in [0.2, 0.25) is 0 Å². The van der Waals surface area contributed by atoms with E-state index in [0.717, 1.165) is 6.42 Å². The van der Waals surface area contributed by atoms with Crippen molar-refractivity contribution in [3.8, 4) is 0 Å². The van der Waals surface area contributed by atoms with Gasteiger partial charge < -0.3 is 5.32 Å². The van der Waals surface area contributed by atoms with Crippen molar-refractivity contribution >= 4 is 0 Å². The molecule has 0 amide bonds. The van der Waals surface area contributed by atoms with E-state index >= 15 is 0 Å². The van der Waals surface area contributed by atoms with Crippen LogP contribution >= 0.6 is 0 Å². The normalized spacial score (nSPS) is 13.6. The summed E-state index contributed by atoms with van der Waals surface area (Å²) in [7, 11) is 0. The van der Waals surface area contributed by atoms with Crippen LogP contribution in [0.1, 0.15) is 34.1 Å². The number of rotatable bonds is 3. The Hall–Kier alpha value is -0.720. The Morgan fingerprint density at radius 1 is 1.40 bits per heavy atom. The molecule has 0 fully saturated rings. The molecule has 0 saturated carbocycles. The minimum atomic E-state index is 1.12. The van der Waals surface area contributed by atoms with Gasteiger partial charge in [0.05, 0.1) is 0 Å². The Morgan fingerprint density at radius 2 is 2.00 bits per heavy atom. The van der Waals surface area contributed by atoms with Crippen LogP contribution in [-0.2, 0) is 0 Å². The molecule has 0 spiro atoms. The fraction of sp³-hybridized carbons (Fsp3) is 0.556. The maximum Gasteiger partial charge on any atom is 0.0103 e. The summed E-state index contributed by atoms with van der Waals surface area (Å²) in [5, 5.41) is 3.18. The Bertz CT molecular complexity index is 143. The average Bonchev–Trinajstić information content (AvgIpc) is 1.98. The summed E-state index contributed by atoms with van der Waals surface area (Å²) >= 11 is 0. The third-order valence-corrected chi connectivity index (χ3v) is 1.64. The standard InChI is InChI=1S/C9H17N/c1-5-7-10-9(4)8(3)6-2/h5,7,10H,6H2,1-4H3/b7-5-,9-8-. The minimum absolute atomic E-state index is 1.12. The van der Waals surface area contributed by atoms with Crippen LogP contribution in [0, 0.1) is 0 Å². The fourth-order valence-corrected chi connectivity index (χ4v) is 0.597. The Labute approximate surface area is 63.8 Å². The highest BCUT2D eigenvalue weighted by Crippen LogP contribution is 2.03. The molecule has 0 atom stereocenters. The lowest BCUT2D eigenvalue weighted by Crippen LogP contribution is -2.02. The predicted octanol–water partition coefficient (Wildman–Crippen LogP) is 2.81. The summed E-state index contributed by atoms with van der Waals surface area (Å²) < 4.78 is 0. The van der Waals surface area contributed by atoms with Gasteiger partial charge in [0.1, 0.15) is 0 Å². The van der Waals surface area contributed by atoms with Crippen molar-refractivity contribution in [2.45, 2.75) is 34.1 Å². The van der Waals surface area contributed by atoms with Crippen molar-refractivity contribution in [2.24, 2.45) is 0 Å². The summed E-state index contributed by atoms with van der Waals surface area (Å²) in [6, 6.07) is 0. The first-order valence-corrected chi connectivity index (χ1v) is 3.76. The number of nitrogens with one attached hydrogen (secondary N) is 1. The summed E-state index contributed by atoms with van der Waals surface area (Å²) in [6.45, 7) is 8.41. The molecule has 0 aromatic heterocycles. The molecule has 58 valence electrons. The van der Waals surface area contributed by atoms with Crippen LogP contribution in [0.25, 0.3) is 0 Å². The lowest BCUT2D eigenvalue weighted by molar-refractivity contribution is 0.958. The molecule has 0 aliphatic rings. The molecule has 0 aliphatic heterocycles. The highest BCUT2D eigenvalue weighted by atomic mass is 14.8. The van der Waals surface area contributed by atoms with Gasteiger partial charge in [-0.3, -0.25) is 0 Å². The van der Waals surface area contributed by atoms with E-state index in [1.54, 1.807) is 0 Å². The second-order valence-corrected chi connectivity index (χ2v) is 2.40. The monoisotopic (exact) mass is 139 g/mol. The van der Waals surface area contributed by atoms with Crippen molar-refractivity contribution < 1.29 is 0 Å². The maximum atomic E-state index is 3.18. The average molecular weight is 139 g/mol. The third-order valence-electron chi connectivity index (χ3n) is 1.64. The van der Waals surface area contributed by atoms with Crippen molar-refractivity contribution in [2.75, 3.05) is 0 Å². The van der Waals surface area contributed by atoms with Crippen molar-refractivity contribution in [3.05, 3.63) is 23.5 Å². The van der Waals surface area contributed by atoms with Crippen molar-refractivity contribution in [1.29, 1.82) is 0 Å². The Balaban J connectivity index is 3.91. The molecular weight excluding hydrogens is 122 g/mol. The maximum absolute atomic E-state index is 3.18. The van der Waals surface area contributed by atoms with E-state index in [-0.39, 0.29) is 0 Å². The molecule has 1 N–H and O–H groups in total. The first kappa shape index (κ1) is 9.28. The van der Waals surface area contributed by atoms with Gasteiger partial charge in [-0.1, -0.05) is 18.6 Å². The van der Waals surface area contributed by atoms with Crippen LogP contribution in [0.15, 0.2) is 23.5 Å². The third kappa shape index (κ3) is 3.33. The van der Waals surface area contributed by atoms with Gasteiger partial charge in [-0.05, 0) is 33.4 Å². The number of hydrogen-bond donors (Lipinski definition) is 1. The highest BCUT2D eigenvalue weighted by molar-refractivity contribution is 5.09. The number of hydrogen-bond acceptors (Lipinski definition) is 1. The summed E-state index contributed by atoms with van der Waals surface area (Å²) in [6.07, 6.45) is 5.07. The quantitative estimate of drug-likeness (QED) is 0.634. The molecule has 0 heterocycles. The van der Waals surface area contributed by atoms with Gasteiger partial charge in [-0.2, -0.15) is 0 Å². The van der Waals surface area contributed by atoms with Crippen LogP contribution in [-0.4, -0.2) is 0 Å². The largest absolute Gasteiger partial charge is 0.366 e. The summed E-state index contributed by atoms with van der Waals surface area (Å²) in [4.78, 5) is 0. The van der Waals surface area contributed by atoms with Gasteiger partial charge in [-0.25, -0.2) is 0 Å². The zero-order chi connectivity index (χ0) is 7.98. The molecule has 0 unspecified atom stereocenters. The molecule has 0 radical (unpaired) electrons. The fourth-order valence-electron chi connectivity index (χ4n) is 0.597. The Morgan fingerprint density at radius 3 is 2.40 bits per heavy atom. The van der Waals surface area contributed by atoms with Crippen LogP contribution in [0.2, 0.25) is 0 Å². The minimum Gasteiger partial charge on any atom is -0.366 e. The number of allylic oxidation sites excluding steroid dienone is 3. The zero-order valence-corrected chi connectivity index (χ0v) is 7.36. The molecule has 0 saturated heterocycles. The molecule has 10 heavy (non-hydrogen) atoms. The molecule has 0 aromatic carbocycles. The van der Waals surface area contributed by atoms with Crippen LogP contribution in [0.3, 0.4) is 0 Å². The van der Waals surface area contributed by atoms with Crippen molar-refractivity contribution in [3.63, 3.8) is 0 Å². The van der Waals surface area contributed by atoms with Gasteiger partial charge >= 0.3 is 0 Å². The Kier molecular flexibility index (Phi) is 4.73. The van der Waals surface area contributed by atoms with Gasteiger partial charge in [-0.15, -0.1) is 0 Å². The molecule has 0 aromatic rings. The van der Waals surface area contributed by atoms with Gasteiger partial charge in [0, 0.05) is 5.70 Å². The van der Waals surface area contributed by atoms with Crippen molar-refractivity contribution in [1.82, 2.24) is 5.32 Å². The highest BCUT2D eigenvalue weighted by Gasteiger charge is 1.88. The first-order valence-electron chi connectivity index (χ1n) is 3.76. The van der Waals surface area contributed by atoms with E-state index in [2.05, 4.69) is 26.1 Å². The van der Waals surface area contributed by atoms with E-state index in [4.69, 9.17) is 0 Å². The smallest absolute Gasteiger partial charge is 0.0103 e. The van der Waals surface area contributed by atoms with E-state index < -0.39 is 0 Å². The molecule has 1 heteroatoms. The molecule has 1 nitrogen and oxygen atoms in total.